The number of hydrogen-bond donors (Lipinski definition) is 2. The number of guanidine groups is 1. The highest BCUT2D eigenvalue weighted by Gasteiger charge is 2.23. The number of benzene rings is 1. The SMILES string of the molecule is CCOC(=O)N1CCC(NC(N)=NCc2ccc(S(C)(=O)=O)c(C)c2)CC1. The predicted octanol–water partition coefficient (Wildman–Crippen LogP) is 1.42. The summed E-state index contributed by atoms with van der Waals surface area (Å²) < 4.78 is 28.3. The van der Waals surface area contributed by atoms with Gasteiger partial charge in [0.1, 0.15) is 0 Å². The number of nitrogens with two attached hydrogens (primary N) is 1. The first-order valence-corrected chi connectivity index (χ1v) is 10.9. The van der Waals surface area contributed by atoms with Gasteiger partial charge in [-0.05, 0) is 43.9 Å². The fraction of sp³-hybridized carbons (Fsp3) is 0.556. The summed E-state index contributed by atoms with van der Waals surface area (Å²) >= 11 is 0. The highest BCUT2D eigenvalue weighted by atomic mass is 32.2. The molecule has 0 radical (unpaired) electrons. The molecule has 9 heteroatoms. The number of nitrogens with one attached hydrogen (secondary N) is 1. The van der Waals surface area contributed by atoms with E-state index in [1.54, 1.807) is 30.9 Å². The molecule has 0 spiro atoms. The van der Waals surface area contributed by atoms with Gasteiger partial charge in [0.2, 0.25) is 0 Å². The second-order valence-corrected chi connectivity index (χ2v) is 8.66. The van der Waals surface area contributed by atoms with Crippen LogP contribution in [-0.4, -0.2) is 57.4 Å². The third kappa shape index (κ3) is 6.13. The molecule has 1 heterocycles. The normalized spacial score (nSPS) is 16.3. The van der Waals surface area contributed by atoms with Crippen LogP contribution in [-0.2, 0) is 21.1 Å². The van der Waals surface area contributed by atoms with Crippen LogP contribution in [0.1, 0.15) is 30.9 Å². The summed E-state index contributed by atoms with van der Waals surface area (Å²) in [7, 11) is -3.22. The molecule has 150 valence electrons. The van der Waals surface area contributed by atoms with Gasteiger partial charge in [-0.25, -0.2) is 18.2 Å². The number of amides is 1. The van der Waals surface area contributed by atoms with Gasteiger partial charge < -0.3 is 20.7 Å². The largest absolute Gasteiger partial charge is 0.450 e. The molecule has 1 aromatic rings. The van der Waals surface area contributed by atoms with E-state index < -0.39 is 9.84 Å². The van der Waals surface area contributed by atoms with Crippen molar-refractivity contribution < 1.29 is 17.9 Å². The molecule has 3 N–H and O–H groups in total. The maximum atomic E-state index is 11.7. The van der Waals surface area contributed by atoms with E-state index >= 15 is 0 Å². The number of carbonyl (C=O) groups is 1. The monoisotopic (exact) mass is 396 g/mol. The fourth-order valence-electron chi connectivity index (χ4n) is 3.08. The summed E-state index contributed by atoms with van der Waals surface area (Å²) in [5, 5.41) is 3.18. The Morgan fingerprint density at radius 2 is 2.04 bits per heavy atom. The van der Waals surface area contributed by atoms with Gasteiger partial charge in [-0.15, -0.1) is 0 Å². The maximum absolute atomic E-state index is 11.7. The molecule has 8 nitrogen and oxygen atoms in total. The Morgan fingerprint density at radius 1 is 1.37 bits per heavy atom. The van der Waals surface area contributed by atoms with E-state index in [1.165, 1.54) is 6.26 Å². The minimum Gasteiger partial charge on any atom is -0.450 e. The van der Waals surface area contributed by atoms with Gasteiger partial charge in [0, 0.05) is 25.4 Å². The Morgan fingerprint density at radius 3 is 2.59 bits per heavy atom. The van der Waals surface area contributed by atoms with Gasteiger partial charge in [0.15, 0.2) is 15.8 Å². The maximum Gasteiger partial charge on any atom is 0.409 e. The second-order valence-electron chi connectivity index (χ2n) is 6.68. The van der Waals surface area contributed by atoms with Gasteiger partial charge in [-0.3, -0.25) is 0 Å². The van der Waals surface area contributed by atoms with Gasteiger partial charge in [0.25, 0.3) is 0 Å². The second kappa shape index (κ2) is 9.07. The summed E-state index contributed by atoms with van der Waals surface area (Å²) in [6.45, 7) is 5.54. The van der Waals surface area contributed by atoms with E-state index in [0.29, 0.717) is 42.7 Å². The average molecular weight is 397 g/mol. The van der Waals surface area contributed by atoms with Crippen molar-refractivity contribution >= 4 is 21.9 Å². The molecule has 0 aromatic heterocycles. The smallest absolute Gasteiger partial charge is 0.409 e. The molecule has 1 aromatic carbocycles. The van der Waals surface area contributed by atoms with E-state index in [9.17, 15) is 13.2 Å². The number of likely N-dealkylation sites (tertiary alicyclic amines) is 1. The van der Waals surface area contributed by atoms with Gasteiger partial charge in [0.05, 0.1) is 18.0 Å². The molecule has 1 fully saturated rings. The lowest BCUT2D eigenvalue weighted by molar-refractivity contribution is 0.0963. The standard InChI is InChI=1S/C18H28N4O4S/c1-4-26-18(23)22-9-7-15(8-10-22)21-17(19)20-12-14-5-6-16(13(2)11-14)27(3,24)25/h5-6,11,15H,4,7-10,12H2,1-3H3,(H3,19,20,21). The molecule has 0 unspecified atom stereocenters. The zero-order chi connectivity index (χ0) is 20.0. The van der Waals surface area contributed by atoms with Crippen molar-refractivity contribution in [1.29, 1.82) is 0 Å². The summed E-state index contributed by atoms with van der Waals surface area (Å²) in [5.41, 5.74) is 7.56. The minimum atomic E-state index is -3.22. The molecular formula is C18H28N4O4S. The van der Waals surface area contributed by atoms with Crippen LogP contribution in [0.5, 0.6) is 0 Å². The molecule has 1 saturated heterocycles. The van der Waals surface area contributed by atoms with Crippen molar-refractivity contribution in [3.05, 3.63) is 29.3 Å². The highest BCUT2D eigenvalue weighted by Crippen LogP contribution is 2.17. The fourth-order valence-corrected chi connectivity index (χ4v) is 4.04. The highest BCUT2D eigenvalue weighted by molar-refractivity contribution is 7.90. The molecule has 1 aliphatic heterocycles. The molecule has 2 rings (SSSR count). The third-order valence-corrected chi connectivity index (χ3v) is 5.70. The van der Waals surface area contributed by atoms with Crippen LogP contribution in [0.15, 0.2) is 28.1 Å². The van der Waals surface area contributed by atoms with Gasteiger partial charge in [-0.1, -0.05) is 12.1 Å². The van der Waals surface area contributed by atoms with Crippen LogP contribution >= 0.6 is 0 Å². The Bertz CT molecular complexity index is 800. The van der Waals surface area contributed by atoms with E-state index in [4.69, 9.17) is 10.5 Å². The number of carbonyl (C=O) groups excluding carboxylic acids is 1. The van der Waals surface area contributed by atoms with Crippen molar-refractivity contribution in [1.82, 2.24) is 10.2 Å². The first-order valence-electron chi connectivity index (χ1n) is 8.98. The lowest BCUT2D eigenvalue weighted by atomic mass is 10.1. The molecule has 0 saturated carbocycles. The van der Waals surface area contributed by atoms with E-state index in [1.807, 2.05) is 6.07 Å². The zero-order valence-electron chi connectivity index (χ0n) is 16.1. The van der Waals surface area contributed by atoms with E-state index in [0.717, 1.165) is 18.4 Å². The number of piperidine rings is 1. The molecule has 0 aliphatic carbocycles. The predicted molar refractivity (Wildman–Crippen MR) is 104 cm³/mol. The summed E-state index contributed by atoms with van der Waals surface area (Å²) in [4.78, 5) is 18.1. The number of rotatable bonds is 5. The van der Waals surface area contributed by atoms with Crippen molar-refractivity contribution in [3.63, 3.8) is 0 Å². The average Bonchev–Trinajstić information content (AvgIpc) is 2.60. The topological polar surface area (TPSA) is 114 Å². The number of nitrogens with zero attached hydrogens (tertiary/aromatic N) is 2. The van der Waals surface area contributed by atoms with Crippen LogP contribution in [0.3, 0.4) is 0 Å². The molecule has 0 bridgehead atoms. The quantitative estimate of drug-likeness (QED) is 0.575. The number of aliphatic imine (C=N–C) groups is 1. The van der Waals surface area contributed by atoms with Crippen molar-refractivity contribution in [2.24, 2.45) is 10.7 Å². The summed E-state index contributed by atoms with van der Waals surface area (Å²) in [6, 6.07) is 5.32. The third-order valence-electron chi connectivity index (χ3n) is 4.44. The van der Waals surface area contributed by atoms with Gasteiger partial charge in [-0.2, -0.15) is 0 Å². The first-order chi connectivity index (χ1) is 12.7. The molecular weight excluding hydrogens is 368 g/mol. The van der Waals surface area contributed by atoms with Crippen LogP contribution in [0.25, 0.3) is 0 Å². The van der Waals surface area contributed by atoms with Crippen molar-refractivity contribution in [2.45, 2.75) is 44.2 Å². The van der Waals surface area contributed by atoms with Crippen LogP contribution in [0.2, 0.25) is 0 Å². The Hall–Kier alpha value is -2.29. The van der Waals surface area contributed by atoms with E-state index in [-0.39, 0.29) is 12.1 Å². The van der Waals surface area contributed by atoms with Crippen LogP contribution < -0.4 is 11.1 Å². The minimum absolute atomic E-state index is 0.161. The lowest BCUT2D eigenvalue weighted by Crippen LogP contribution is -2.48. The summed E-state index contributed by atoms with van der Waals surface area (Å²) in [5.74, 6) is 0.342. The molecule has 0 atom stereocenters. The number of aryl methyl sites for hydroxylation is 1. The van der Waals surface area contributed by atoms with Crippen molar-refractivity contribution in [2.75, 3.05) is 26.0 Å². The first kappa shape index (κ1) is 21.0. The van der Waals surface area contributed by atoms with Crippen molar-refractivity contribution in [3.8, 4) is 0 Å². The summed E-state index contributed by atoms with van der Waals surface area (Å²) in [6.07, 6.45) is 2.47. The number of ether oxygens (including phenoxy) is 1. The Kier molecular flexibility index (Phi) is 7.06. The lowest BCUT2D eigenvalue weighted by Gasteiger charge is -2.31. The Balaban J connectivity index is 1.87. The van der Waals surface area contributed by atoms with Crippen LogP contribution in [0.4, 0.5) is 4.79 Å². The number of hydrogen-bond acceptors (Lipinski definition) is 5. The number of sulfone groups is 1. The molecule has 1 amide bonds. The van der Waals surface area contributed by atoms with Crippen LogP contribution in [0, 0.1) is 6.92 Å². The van der Waals surface area contributed by atoms with E-state index in [2.05, 4.69) is 10.3 Å². The Labute approximate surface area is 160 Å². The molecule has 27 heavy (non-hydrogen) atoms. The molecule has 1 aliphatic rings. The van der Waals surface area contributed by atoms with Gasteiger partial charge >= 0.3 is 6.09 Å². The zero-order valence-corrected chi connectivity index (χ0v) is 16.9.